The van der Waals surface area contributed by atoms with Crippen LogP contribution in [0.15, 0.2) is 65.1 Å². The number of nitrogens with two attached hydrogens (primary N) is 1. The molecular weight excluding hydrogens is 1000 g/mol. The highest BCUT2D eigenvalue weighted by molar-refractivity contribution is 7.48. The molecule has 1 aliphatic carbocycles. The van der Waals surface area contributed by atoms with Crippen LogP contribution in [0.5, 0.6) is 0 Å². The average Bonchev–Trinajstić information content (AvgIpc) is 4.09. The monoisotopic (exact) mass is 1050 g/mol. The Bertz CT molecular complexity index is 3080. The van der Waals surface area contributed by atoms with Crippen molar-refractivity contribution in [3.05, 3.63) is 82.9 Å². The number of anilines is 1. The standard InChI is InChI=1S/C35H46N11O21P3/c36-32-40-30-29(31(50)41-32)37-16-46(30)26-9-18(47)21(63-26)12-60-69(55,56)66-20-11-28(45-8-4-25(49)39-34(45)52)65-23(20)14-61-70(57,58)67-19-10-27(44-7-3-24(48)38-33(44)51)64-22(19)13-59-68(53,54)62-15-35-5-1-17(2-6-35)42-43-35/h3-4,7-8,16-23,26-28,47H,1-2,5-6,9-15H2,(H,53,54)(H,55,56)(H,57,58)(H,38,48,51)(H,39,49,52)(H3,36,40,41,50)/t17?,18-,19-,20-,21+,22+,23+,26+,27+,28+,35?/m0/s1. The van der Waals surface area contributed by atoms with Gasteiger partial charge in [0.2, 0.25) is 5.95 Å². The molecule has 0 radical (unpaired) electrons. The van der Waals surface area contributed by atoms with E-state index in [-0.39, 0.29) is 36.2 Å². The molecule has 0 spiro atoms. The number of hydrogen-bond donors (Lipinski definition) is 8. The normalized spacial score (nSPS) is 32.3. The topological polar surface area (TPSA) is 439 Å². The summed E-state index contributed by atoms with van der Waals surface area (Å²) >= 11 is 0. The highest BCUT2D eigenvalue weighted by atomic mass is 31.2. The first kappa shape index (κ1) is 50.2. The van der Waals surface area contributed by atoms with Gasteiger partial charge in [0, 0.05) is 43.8 Å². The number of aliphatic hydroxyl groups is 1. The molecule has 0 amide bonds. The number of aromatic nitrogens is 8. The molecule has 4 fully saturated rings. The van der Waals surface area contributed by atoms with Crippen LogP contribution in [0.2, 0.25) is 0 Å². The Morgan fingerprint density at radius 2 is 1.23 bits per heavy atom. The van der Waals surface area contributed by atoms with Crippen LogP contribution in [-0.2, 0) is 55.0 Å². The van der Waals surface area contributed by atoms with Crippen LogP contribution < -0.4 is 33.8 Å². The predicted molar refractivity (Wildman–Crippen MR) is 230 cm³/mol. The van der Waals surface area contributed by atoms with E-state index in [2.05, 4.69) is 25.2 Å². The van der Waals surface area contributed by atoms with Gasteiger partial charge in [-0.15, -0.1) is 0 Å². The van der Waals surface area contributed by atoms with Gasteiger partial charge in [-0.05, 0) is 25.7 Å². The minimum Gasteiger partial charge on any atom is -0.390 e. The summed E-state index contributed by atoms with van der Waals surface area (Å²) < 4.78 is 92.9. The number of aliphatic hydroxyl groups excluding tert-OH is 1. The van der Waals surface area contributed by atoms with Gasteiger partial charge >= 0.3 is 34.8 Å². The lowest BCUT2D eigenvalue weighted by molar-refractivity contribution is -0.0616. The van der Waals surface area contributed by atoms with Crippen LogP contribution in [0.4, 0.5) is 5.95 Å². The van der Waals surface area contributed by atoms with Gasteiger partial charge in [0.25, 0.3) is 16.7 Å². The highest BCUT2D eigenvalue weighted by Crippen LogP contribution is 2.53. The number of nitrogens with one attached hydrogen (secondary N) is 3. The van der Waals surface area contributed by atoms with Crippen LogP contribution in [-0.4, -0.2) is 133 Å². The van der Waals surface area contributed by atoms with E-state index in [1.807, 2.05) is 9.97 Å². The van der Waals surface area contributed by atoms with Crippen molar-refractivity contribution in [2.45, 2.75) is 112 Å². The highest BCUT2D eigenvalue weighted by Gasteiger charge is 2.48. The fourth-order valence-corrected chi connectivity index (χ4v) is 11.4. The molecule has 5 aliphatic heterocycles. The second-order valence-corrected chi connectivity index (χ2v) is 21.3. The van der Waals surface area contributed by atoms with Crippen molar-refractivity contribution in [1.29, 1.82) is 0 Å². The van der Waals surface area contributed by atoms with Crippen LogP contribution in [0.25, 0.3) is 11.2 Å². The fourth-order valence-electron chi connectivity index (χ4n) is 8.64. The fraction of sp³-hybridized carbons (Fsp3) is 0.629. The first-order chi connectivity index (χ1) is 33.1. The van der Waals surface area contributed by atoms with Gasteiger partial charge < -0.3 is 39.7 Å². The maximum absolute atomic E-state index is 13.7. The minimum absolute atomic E-state index is 0.0427. The summed E-state index contributed by atoms with van der Waals surface area (Å²) in [5, 5.41) is 19.2. The van der Waals surface area contributed by atoms with Gasteiger partial charge in [-0.25, -0.2) is 28.3 Å². The molecule has 4 aromatic rings. The third-order valence-electron chi connectivity index (χ3n) is 12.2. The smallest absolute Gasteiger partial charge is 0.390 e. The predicted octanol–water partition coefficient (Wildman–Crippen LogP) is -0.689. The molecule has 3 unspecified atom stereocenters. The van der Waals surface area contributed by atoms with E-state index in [9.17, 15) is 57.5 Å². The Kier molecular flexibility index (Phi) is 14.1. The first-order valence-electron chi connectivity index (χ1n) is 21.5. The second-order valence-electron chi connectivity index (χ2n) is 17.0. The largest absolute Gasteiger partial charge is 0.472 e. The third-order valence-corrected chi connectivity index (χ3v) is 15.2. The van der Waals surface area contributed by atoms with E-state index < -0.39 is 145 Å². The van der Waals surface area contributed by atoms with Crippen molar-refractivity contribution < 1.29 is 74.8 Å². The van der Waals surface area contributed by atoms with E-state index in [0.717, 1.165) is 46.5 Å². The molecule has 4 aromatic heterocycles. The summed E-state index contributed by atoms with van der Waals surface area (Å²) in [6, 6.07) is 2.09. The molecule has 70 heavy (non-hydrogen) atoms. The zero-order valence-corrected chi connectivity index (χ0v) is 38.9. The molecule has 12 atom stereocenters. The first-order valence-corrected chi connectivity index (χ1v) is 26.0. The Morgan fingerprint density at radius 3 is 1.76 bits per heavy atom. The van der Waals surface area contributed by atoms with Crippen molar-refractivity contribution in [3.8, 4) is 0 Å². The van der Waals surface area contributed by atoms with E-state index >= 15 is 0 Å². The lowest BCUT2D eigenvalue weighted by Gasteiger charge is -2.39. The number of nitrogen functional groups attached to an aromatic ring is 1. The average molecular weight is 1050 g/mol. The number of ether oxygens (including phenoxy) is 3. The lowest BCUT2D eigenvalue weighted by Crippen LogP contribution is -2.41. The summed E-state index contributed by atoms with van der Waals surface area (Å²) in [6.45, 7) is -2.78. The SMILES string of the molecule is Nc1nc2c(ncn2[C@H]2C[C@H](O)[C@@H](COP(=O)(O)O[C@H]3C[C@H](n4ccc(=O)[nH]c4=O)O[C@@H]3COP(=O)(O)O[C@H]3C[C@H](n4ccc(=O)[nH]c4=O)O[C@@H]3COP(=O)(O)OCC34CCC(CC3)N=N4)O2)c(=O)[nH]1. The van der Waals surface area contributed by atoms with E-state index in [1.54, 1.807) is 0 Å². The Hall–Kier alpha value is -4.72. The van der Waals surface area contributed by atoms with Crippen molar-refractivity contribution >= 4 is 40.6 Å². The Morgan fingerprint density at radius 1 is 0.714 bits per heavy atom. The van der Waals surface area contributed by atoms with E-state index in [1.165, 1.54) is 10.9 Å². The molecule has 32 nitrogen and oxygen atoms in total. The maximum atomic E-state index is 13.7. The molecular formula is C35H46N11O21P3. The summed E-state index contributed by atoms with van der Waals surface area (Å²) in [5.74, 6) is -0.208. The number of H-pyrrole nitrogens is 3. The number of rotatable bonds is 19. The summed E-state index contributed by atoms with van der Waals surface area (Å²) in [7, 11) is -15.3. The van der Waals surface area contributed by atoms with Gasteiger partial charge in [-0.1, -0.05) is 0 Å². The van der Waals surface area contributed by atoms with Gasteiger partial charge in [0.1, 0.15) is 54.7 Å². The molecule has 10 rings (SSSR count). The van der Waals surface area contributed by atoms with E-state index in [0.29, 0.717) is 12.8 Å². The second kappa shape index (κ2) is 19.7. The molecule has 382 valence electrons. The van der Waals surface area contributed by atoms with Gasteiger partial charge in [0.05, 0.1) is 44.9 Å². The van der Waals surface area contributed by atoms with Crippen LogP contribution in [0.3, 0.4) is 0 Å². The number of phosphoric acid groups is 3. The van der Waals surface area contributed by atoms with Gasteiger partial charge in [-0.3, -0.25) is 70.2 Å². The Labute approximate surface area is 390 Å². The molecule has 6 aliphatic rings. The zero-order valence-electron chi connectivity index (χ0n) is 36.2. The number of azo groups is 1. The minimum atomic E-state index is -5.30. The van der Waals surface area contributed by atoms with Crippen LogP contribution in [0, 0.1) is 0 Å². The molecule has 9 N–H and O–H groups in total. The molecule has 0 aromatic carbocycles. The van der Waals surface area contributed by atoms with Crippen LogP contribution >= 0.6 is 23.5 Å². The molecule has 9 heterocycles. The van der Waals surface area contributed by atoms with Crippen molar-refractivity contribution in [2.24, 2.45) is 10.2 Å². The maximum Gasteiger partial charge on any atom is 0.472 e. The summed E-state index contributed by atoms with van der Waals surface area (Å²) in [5.41, 5.74) is 0.849. The molecule has 2 bridgehead atoms. The molecule has 35 heteroatoms. The van der Waals surface area contributed by atoms with Gasteiger partial charge in [0.15, 0.2) is 11.2 Å². The van der Waals surface area contributed by atoms with E-state index in [4.69, 9.17) is 47.1 Å². The number of imidazole rings is 1. The number of nitrogens with zero attached hydrogens (tertiary/aromatic N) is 7. The number of phosphoric ester groups is 3. The van der Waals surface area contributed by atoms with Crippen molar-refractivity contribution in [3.63, 3.8) is 0 Å². The lowest BCUT2D eigenvalue weighted by atomic mass is 9.79. The summed E-state index contributed by atoms with van der Waals surface area (Å²) in [6.07, 6.45) is -7.16. The van der Waals surface area contributed by atoms with Crippen molar-refractivity contribution in [1.82, 2.24) is 38.6 Å². The quantitative estimate of drug-likeness (QED) is 0.0539. The number of hydrogen-bond acceptors (Lipinski definition) is 23. The number of fused-ring (bicyclic) bond motifs is 3. The third kappa shape index (κ3) is 11.3. The zero-order chi connectivity index (χ0) is 49.8. The van der Waals surface area contributed by atoms with Gasteiger partial charge in [-0.2, -0.15) is 15.2 Å². The van der Waals surface area contributed by atoms with Crippen LogP contribution in [0.1, 0.15) is 63.6 Å². The number of aromatic amines is 3. The Balaban J connectivity index is 0.864. The van der Waals surface area contributed by atoms with Crippen molar-refractivity contribution in [2.75, 3.05) is 32.2 Å². The molecule has 1 saturated carbocycles. The molecule has 3 saturated heterocycles. The summed E-state index contributed by atoms with van der Waals surface area (Å²) in [4.78, 5) is 108.